The number of hydrogen-bond donors (Lipinski definition) is 2. The van der Waals surface area contributed by atoms with Crippen LogP contribution in [0.25, 0.3) is 20.5 Å². The molecular formula is C23H16O4S. The Bertz CT molecular complexity index is 1200. The highest BCUT2D eigenvalue weighted by atomic mass is 32.1. The monoisotopic (exact) mass is 388 g/mol. The van der Waals surface area contributed by atoms with Crippen LogP contribution in [-0.4, -0.2) is 21.8 Å². The van der Waals surface area contributed by atoms with Crippen LogP contribution in [0.5, 0.6) is 11.5 Å². The SMILES string of the molecule is CC(=O)c1ccc(C(=O)c2c(-c3ccc(O)cc3)sc3cc(O)ccc23)cc1. The Morgan fingerprint density at radius 2 is 1.39 bits per heavy atom. The molecule has 28 heavy (non-hydrogen) atoms. The van der Waals surface area contributed by atoms with Gasteiger partial charge in [-0.15, -0.1) is 11.3 Å². The van der Waals surface area contributed by atoms with Gasteiger partial charge in [-0.25, -0.2) is 0 Å². The number of thiophene rings is 1. The summed E-state index contributed by atoms with van der Waals surface area (Å²) in [5.74, 6) is 0.0707. The predicted molar refractivity (Wildman–Crippen MR) is 110 cm³/mol. The average Bonchev–Trinajstić information content (AvgIpc) is 3.06. The van der Waals surface area contributed by atoms with E-state index in [4.69, 9.17) is 0 Å². The maximum absolute atomic E-state index is 13.4. The molecule has 1 aromatic heterocycles. The van der Waals surface area contributed by atoms with Crippen molar-refractivity contribution in [2.24, 2.45) is 0 Å². The summed E-state index contributed by atoms with van der Waals surface area (Å²) in [7, 11) is 0. The minimum Gasteiger partial charge on any atom is -0.508 e. The molecule has 0 radical (unpaired) electrons. The van der Waals surface area contributed by atoms with Crippen molar-refractivity contribution in [3.63, 3.8) is 0 Å². The molecule has 0 spiro atoms. The van der Waals surface area contributed by atoms with Crippen LogP contribution < -0.4 is 0 Å². The van der Waals surface area contributed by atoms with Gasteiger partial charge in [0.05, 0.1) is 0 Å². The third-order valence-corrected chi connectivity index (χ3v) is 5.79. The third kappa shape index (κ3) is 3.17. The summed E-state index contributed by atoms with van der Waals surface area (Å²) in [6.07, 6.45) is 0. The zero-order valence-electron chi connectivity index (χ0n) is 15.0. The molecule has 0 amide bonds. The van der Waals surface area contributed by atoms with Crippen molar-refractivity contribution < 1.29 is 19.8 Å². The van der Waals surface area contributed by atoms with E-state index in [1.807, 2.05) is 0 Å². The van der Waals surface area contributed by atoms with Gasteiger partial charge in [0.25, 0.3) is 0 Å². The molecule has 0 saturated carbocycles. The van der Waals surface area contributed by atoms with E-state index < -0.39 is 0 Å². The number of rotatable bonds is 4. The first-order valence-electron chi connectivity index (χ1n) is 8.64. The van der Waals surface area contributed by atoms with Gasteiger partial charge in [-0.3, -0.25) is 9.59 Å². The lowest BCUT2D eigenvalue weighted by molar-refractivity contribution is 0.101. The van der Waals surface area contributed by atoms with E-state index in [0.717, 1.165) is 20.5 Å². The predicted octanol–water partition coefficient (Wildman–Crippen LogP) is 5.41. The Morgan fingerprint density at radius 1 is 0.786 bits per heavy atom. The molecule has 0 aliphatic heterocycles. The lowest BCUT2D eigenvalue weighted by Gasteiger charge is -2.06. The highest BCUT2D eigenvalue weighted by Crippen LogP contribution is 2.41. The molecule has 4 nitrogen and oxygen atoms in total. The molecule has 5 heteroatoms. The first-order chi connectivity index (χ1) is 13.4. The molecular weight excluding hydrogens is 372 g/mol. The average molecular weight is 388 g/mol. The minimum absolute atomic E-state index is 0.0553. The van der Waals surface area contributed by atoms with Gasteiger partial charge in [-0.2, -0.15) is 0 Å². The number of phenolic OH excluding ortho intramolecular Hbond substituents is 2. The number of carbonyl (C=O) groups excluding carboxylic acids is 2. The summed E-state index contributed by atoms with van der Waals surface area (Å²) in [4.78, 5) is 25.6. The van der Waals surface area contributed by atoms with Crippen LogP contribution in [0.3, 0.4) is 0 Å². The largest absolute Gasteiger partial charge is 0.508 e. The Labute approximate surface area is 165 Å². The Hall–Kier alpha value is -3.44. The van der Waals surface area contributed by atoms with Crippen LogP contribution in [0.15, 0.2) is 66.7 Å². The standard InChI is InChI=1S/C23H16O4S/c1-13(24)14-2-4-15(5-3-14)22(27)21-19-11-10-18(26)12-20(19)28-23(21)16-6-8-17(25)9-7-16/h2-12,25-26H,1H3. The molecule has 4 aromatic rings. The van der Waals surface area contributed by atoms with Crippen LogP contribution in [0.1, 0.15) is 33.2 Å². The fourth-order valence-corrected chi connectivity index (χ4v) is 4.37. The van der Waals surface area contributed by atoms with Gasteiger partial charge in [-0.1, -0.05) is 24.3 Å². The van der Waals surface area contributed by atoms with E-state index in [9.17, 15) is 19.8 Å². The Kier molecular flexibility index (Phi) is 4.45. The van der Waals surface area contributed by atoms with Crippen molar-refractivity contribution in [3.05, 3.63) is 83.4 Å². The molecule has 0 saturated heterocycles. The van der Waals surface area contributed by atoms with E-state index in [0.29, 0.717) is 16.7 Å². The summed E-state index contributed by atoms with van der Waals surface area (Å²) >= 11 is 1.41. The number of carbonyl (C=O) groups is 2. The maximum atomic E-state index is 13.4. The van der Waals surface area contributed by atoms with Gasteiger partial charge in [0.1, 0.15) is 11.5 Å². The van der Waals surface area contributed by atoms with E-state index in [2.05, 4.69) is 0 Å². The lowest BCUT2D eigenvalue weighted by Crippen LogP contribution is -2.03. The molecule has 0 fully saturated rings. The molecule has 4 rings (SSSR count). The molecule has 0 aliphatic rings. The Balaban J connectivity index is 1.90. The molecule has 2 N–H and O–H groups in total. The summed E-state index contributed by atoms with van der Waals surface area (Å²) in [5, 5.41) is 20.2. The first kappa shape index (κ1) is 17.9. The van der Waals surface area contributed by atoms with Crippen molar-refractivity contribution in [2.45, 2.75) is 6.92 Å². The topological polar surface area (TPSA) is 74.6 Å². The van der Waals surface area contributed by atoms with Gasteiger partial charge in [0, 0.05) is 31.7 Å². The van der Waals surface area contributed by atoms with Crippen molar-refractivity contribution in [3.8, 4) is 21.9 Å². The summed E-state index contributed by atoms with van der Waals surface area (Å²) in [6.45, 7) is 1.48. The number of fused-ring (bicyclic) bond motifs is 1. The van der Waals surface area contributed by atoms with E-state index in [-0.39, 0.29) is 23.1 Å². The number of ketones is 2. The second kappa shape index (κ2) is 6.94. The zero-order chi connectivity index (χ0) is 19.8. The normalized spacial score (nSPS) is 10.9. The summed E-state index contributed by atoms with van der Waals surface area (Å²) in [6, 6.07) is 18.2. The minimum atomic E-state index is -0.157. The van der Waals surface area contributed by atoms with Crippen molar-refractivity contribution >= 4 is 33.0 Å². The van der Waals surface area contributed by atoms with Gasteiger partial charge in [0.15, 0.2) is 11.6 Å². The van der Waals surface area contributed by atoms with Crippen LogP contribution in [0.2, 0.25) is 0 Å². The van der Waals surface area contributed by atoms with E-state index in [1.54, 1.807) is 66.7 Å². The number of benzene rings is 3. The number of aromatic hydroxyl groups is 2. The molecule has 3 aromatic carbocycles. The molecule has 0 atom stereocenters. The molecule has 0 unspecified atom stereocenters. The highest BCUT2D eigenvalue weighted by molar-refractivity contribution is 7.22. The second-order valence-corrected chi connectivity index (χ2v) is 7.55. The van der Waals surface area contributed by atoms with Crippen molar-refractivity contribution in [1.82, 2.24) is 0 Å². The summed E-state index contributed by atoms with van der Waals surface area (Å²) < 4.78 is 0.798. The molecule has 138 valence electrons. The van der Waals surface area contributed by atoms with Crippen LogP contribution in [-0.2, 0) is 0 Å². The Morgan fingerprint density at radius 3 is 2.04 bits per heavy atom. The van der Waals surface area contributed by atoms with Gasteiger partial charge < -0.3 is 10.2 Å². The third-order valence-electron chi connectivity index (χ3n) is 4.58. The smallest absolute Gasteiger partial charge is 0.195 e. The number of Topliss-reactive ketones (excluding diaryl/α,β-unsaturated/α-hetero) is 1. The van der Waals surface area contributed by atoms with E-state index >= 15 is 0 Å². The van der Waals surface area contributed by atoms with Crippen LogP contribution >= 0.6 is 11.3 Å². The molecule has 0 bridgehead atoms. The fraction of sp³-hybridized carbons (Fsp3) is 0.0435. The van der Waals surface area contributed by atoms with Crippen molar-refractivity contribution in [2.75, 3.05) is 0 Å². The lowest BCUT2D eigenvalue weighted by atomic mass is 9.96. The van der Waals surface area contributed by atoms with Gasteiger partial charge in [0.2, 0.25) is 0 Å². The van der Waals surface area contributed by atoms with Crippen LogP contribution in [0, 0.1) is 0 Å². The fourth-order valence-electron chi connectivity index (χ4n) is 3.13. The van der Waals surface area contributed by atoms with Crippen LogP contribution in [0.4, 0.5) is 0 Å². The van der Waals surface area contributed by atoms with Gasteiger partial charge in [-0.05, 0) is 55.0 Å². The second-order valence-electron chi connectivity index (χ2n) is 6.50. The highest BCUT2D eigenvalue weighted by Gasteiger charge is 2.22. The van der Waals surface area contributed by atoms with Crippen molar-refractivity contribution in [1.29, 1.82) is 0 Å². The number of phenols is 2. The quantitative estimate of drug-likeness (QED) is 0.458. The van der Waals surface area contributed by atoms with E-state index in [1.165, 1.54) is 18.3 Å². The zero-order valence-corrected chi connectivity index (χ0v) is 15.8. The first-order valence-corrected chi connectivity index (χ1v) is 9.46. The maximum Gasteiger partial charge on any atom is 0.195 e. The molecule has 0 aliphatic carbocycles. The number of hydrogen-bond acceptors (Lipinski definition) is 5. The molecule has 1 heterocycles. The summed E-state index contributed by atoms with van der Waals surface area (Å²) in [5.41, 5.74) is 2.39. The van der Waals surface area contributed by atoms with Gasteiger partial charge >= 0.3 is 0 Å².